The van der Waals surface area contributed by atoms with Gasteiger partial charge in [0.15, 0.2) is 0 Å². The molecule has 0 radical (unpaired) electrons. The molecular weight excluding hydrogens is 274 g/mol. The molecule has 0 saturated carbocycles. The fourth-order valence-corrected chi connectivity index (χ4v) is 3.76. The normalized spacial score (nSPS) is 21.6. The van der Waals surface area contributed by atoms with Crippen LogP contribution in [0.3, 0.4) is 0 Å². The number of nitrogens with zero attached hydrogens (tertiary/aromatic N) is 1. The lowest BCUT2D eigenvalue weighted by Gasteiger charge is -2.40. The second-order valence-electron chi connectivity index (χ2n) is 4.95. The molecule has 0 amide bonds. The molecule has 1 heterocycles. The van der Waals surface area contributed by atoms with E-state index in [-0.39, 0.29) is 18.5 Å². The molecule has 1 fully saturated rings. The van der Waals surface area contributed by atoms with E-state index in [0.717, 1.165) is 18.1 Å². The topological polar surface area (TPSA) is 49.8 Å². The molecular formula is C15H21NO3S. The van der Waals surface area contributed by atoms with Crippen LogP contribution in [0.5, 0.6) is 0 Å². The van der Waals surface area contributed by atoms with Crippen molar-refractivity contribution in [2.75, 3.05) is 31.8 Å². The van der Waals surface area contributed by atoms with Crippen LogP contribution < -0.4 is 0 Å². The Morgan fingerprint density at radius 3 is 2.90 bits per heavy atom. The molecule has 2 unspecified atom stereocenters. The molecule has 1 N–H and O–H groups in total. The Morgan fingerprint density at radius 2 is 2.25 bits per heavy atom. The Bertz CT molecular complexity index is 426. The first-order valence-corrected chi connectivity index (χ1v) is 7.97. The van der Waals surface area contributed by atoms with Gasteiger partial charge in [-0.3, -0.25) is 9.69 Å². The van der Waals surface area contributed by atoms with E-state index in [0.29, 0.717) is 6.61 Å². The van der Waals surface area contributed by atoms with Gasteiger partial charge in [0.1, 0.15) is 0 Å². The second-order valence-corrected chi connectivity index (χ2v) is 6.10. The minimum atomic E-state index is -0.730. The number of carboxylic acids is 1. The van der Waals surface area contributed by atoms with Gasteiger partial charge in [-0.25, -0.2) is 0 Å². The standard InChI is InChI=1S/C15H21NO3S/c1-19-10-14(12-5-3-2-4-6-12)16-7-8-20-11-13(16)9-15(17)18/h2-6,13-14H,7-11H2,1H3,(H,17,18). The Hall–Kier alpha value is -1.04. The van der Waals surface area contributed by atoms with Gasteiger partial charge in [0.25, 0.3) is 0 Å². The maximum absolute atomic E-state index is 11.1. The summed E-state index contributed by atoms with van der Waals surface area (Å²) in [5, 5.41) is 9.10. The summed E-state index contributed by atoms with van der Waals surface area (Å²) < 4.78 is 5.37. The Kier molecular flexibility index (Phi) is 5.88. The van der Waals surface area contributed by atoms with Crippen LogP contribution >= 0.6 is 11.8 Å². The van der Waals surface area contributed by atoms with Gasteiger partial charge in [-0.05, 0) is 5.56 Å². The van der Waals surface area contributed by atoms with Gasteiger partial charge < -0.3 is 9.84 Å². The summed E-state index contributed by atoms with van der Waals surface area (Å²) in [6.07, 6.45) is 0.194. The van der Waals surface area contributed by atoms with E-state index in [4.69, 9.17) is 9.84 Å². The molecule has 0 aromatic heterocycles. The molecule has 0 spiro atoms. The van der Waals surface area contributed by atoms with Crippen LogP contribution in [-0.2, 0) is 9.53 Å². The zero-order chi connectivity index (χ0) is 14.4. The summed E-state index contributed by atoms with van der Waals surface area (Å²) in [4.78, 5) is 13.4. The van der Waals surface area contributed by atoms with E-state index in [1.165, 1.54) is 5.56 Å². The number of ether oxygens (including phenoxy) is 1. The minimum absolute atomic E-state index is 0.0756. The van der Waals surface area contributed by atoms with Crippen molar-refractivity contribution in [3.63, 3.8) is 0 Å². The number of benzene rings is 1. The largest absolute Gasteiger partial charge is 0.481 e. The molecule has 1 aliphatic heterocycles. The van der Waals surface area contributed by atoms with Crippen molar-refractivity contribution >= 4 is 17.7 Å². The number of hydrogen-bond acceptors (Lipinski definition) is 4. The van der Waals surface area contributed by atoms with Gasteiger partial charge in [0.05, 0.1) is 19.1 Å². The van der Waals surface area contributed by atoms with Crippen molar-refractivity contribution in [1.82, 2.24) is 4.90 Å². The van der Waals surface area contributed by atoms with Crippen LogP contribution in [0.1, 0.15) is 18.0 Å². The predicted molar refractivity (Wildman–Crippen MR) is 81.1 cm³/mol. The van der Waals surface area contributed by atoms with Crippen molar-refractivity contribution in [3.05, 3.63) is 35.9 Å². The highest BCUT2D eigenvalue weighted by Gasteiger charge is 2.31. The number of carboxylic acid groups (broad SMARTS) is 1. The summed E-state index contributed by atoms with van der Waals surface area (Å²) in [5.74, 6) is 1.19. The molecule has 5 heteroatoms. The lowest BCUT2D eigenvalue weighted by molar-refractivity contribution is -0.138. The fourth-order valence-electron chi connectivity index (χ4n) is 2.67. The van der Waals surface area contributed by atoms with Crippen LogP contribution in [0, 0.1) is 0 Å². The zero-order valence-corrected chi connectivity index (χ0v) is 12.5. The smallest absolute Gasteiger partial charge is 0.304 e. The van der Waals surface area contributed by atoms with E-state index >= 15 is 0 Å². The maximum Gasteiger partial charge on any atom is 0.304 e. The van der Waals surface area contributed by atoms with Crippen molar-refractivity contribution in [1.29, 1.82) is 0 Å². The molecule has 2 rings (SSSR count). The van der Waals surface area contributed by atoms with Crippen molar-refractivity contribution in [2.45, 2.75) is 18.5 Å². The molecule has 1 aromatic rings. The summed E-state index contributed by atoms with van der Waals surface area (Å²) >= 11 is 1.83. The van der Waals surface area contributed by atoms with E-state index in [9.17, 15) is 4.79 Å². The Morgan fingerprint density at radius 1 is 1.50 bits per heavy atom. The zero-order valence-electron chi connectivity index (χ0n) is 11.7. The fraction of sp³-hybridized carbons (Fsp3) is 0.533. The van der Waals surface area contributed by atoms with Gasteiger partial charge in [-0.15, -0.1) is 0 Å². The molecule has 20 heavy (non-hydrogen) atoms. The highest BCUT2D eigenvalue weighted by atomic mass is 32.2. The molecule has 0 bridgehead atoms. The highest BCUT2D eigenvalue weighted by Crippen LogP contribution is 2.29. The van der Waals surface area contributed by atoms with Crippen molar-refractivity contribution < 1.29 is 14.6 Å². The number of carbonyl (C=O) groups is 1. The molecule has 0 aliphatic carbocycles. The predicted octanol–water partition coefficient (Wildman–Crippen LogP) is 2.27. The Balaban J connectivity index is 2.19. The SMILES string of the molecule is COCC(c1ccccc1)N1CCSCC1CC(=O)O. The van der Waals surface area contributed by atoms with Crippen LogP contribution in [0.25, 0.3) is 0 Å². The third-order valence-corrected chi connectivity index (χ3v) is 4.68. The number of methoxy groups -OCH3 is 1. The number of thioether (sulfide) groups is 1. The van der Waals surface area contributed by atoms with Gasteiger partial charge >= 0.3 is 5.97 Å². The van der Waals surface area contributed by atoms with E-state index < -0.39 is 5.97 Å². The molecule has 1 aromatic carbocycles. The molecule has 1 aliphatic rings. The maximum atomic E-state index is 11.1. The molecule has 110 valence electrons. The molecule has 4 nitrogen and oxygen atoms in total. The van der Waals surface area contributed by atoms with Gasteiger partial charge in [0.2, 0.25) is 0 Å². The van der Waals surface area contributed by atoms with Crippen LogP contribution in [0.2, 0.25) is 0 Å². The quantitative estimate of drug-likeness (QED) is 0.872. The summed E-state index contributed by atoms with van der Waals surface area (Å²) in [6.45, 7) is 1.50. The van der Waals surface area contributed by atoms with Crippen LogP contribution in [0.4, 0.5) is 0 Å². The van der Waals surface area contributed by atoms with Gasteiger partial charge in [-0.1, -0.05) is 30.3 Å². The lowest BCUT2D eigenvalue weighted by Crippen LogP contribution is -2.46. The first kappa shape index (κ1) is 15.4. The Labute approximate surface area is 124 Å². The third kappa shape index (κ3) is 3.98. The van der Waals surface area contributed by atoms with Crippen molar-refractivity contribution in [3.8, 4) is 0 Å². The van der Waals surface area contributed by atoms with E-state index in [1.807, 2.05) is 30.0 Å². The summed E-state index contributed by atoms with van der Waals surface area (Å²) in [7, 11) is 1.70. The number of hydrogen-bond donors (Lipinski definition) is 1. The lowest BCUT2D eigenvalue weighted by atomic mass is 10.0. The number of rotatable bonds is 6. The van der Waals surface area contributed by atoms with Crippen molar-refractivity contribution in [2.24, 2.45) is 0 Å². The first-order valence-electron chi connectivity index (χ1n) is 6.81. The van der Waals surface area contributed by atoms with Gasteiger partial charge in [-0.2, -0.15) is 11.8 Å². The first-order chi connectivity index (χ1) is 9.72. The monoisotopic (exact) mass is 295 g/mol. The van der Waals surface area contributed by atoms with Crippen LogP contribution in [-0.4, -0.2) is 53.8 Å². The minimum Gasteiger partial charge on any atom is -0.481 e. The molecule has 2 atom stereocenters. The third-order valence-electron chi connectivity index (χ3n) is 3.59. The summed E-state index contributed by atoms with van der Waals surface area (Å²) in [5.41, 5.74) is 1.19. The summed E-state index contributed by atoms with van der Waals surface area (Å²) in [6, 6.07) is 10.4. The van der Waals surface area contributed by atoms with Crippen LogP contribution in [0.15, 0.2) is 30.3 Å². The second kappa shape index (κ2) is 7.67. The number of aliphatic carboxylic acids is 1. The average Bonchev–Trinajstić information content (AvgIpc) is 2.46. The van der Waals surface area contributed by atoms with E-state index in [1.54, 1.807) is 7.11 Å². The average molecular weight is 295 g/mol. The van der Waals surface area contributed by atoms with Gasteiger partial charge in [0, 0.05) is 31.2 Å². The highest BCUT2D eigenvalue weighted by molar-refractivity contribution is 7.99. The van der Waals surface area contributed by atoms with E-state index in [2.05, 4.69) is 17.0 Å². The molecule has 1 saturated heterocycles.